The fourth-order valence-electron chi connectivity index (χ4n) is 20.2. The topological polar surface area (TPSA) is 49.4 Å². The van der Waals surface area contributed by atoms with E-state index in [0.717, 1.165) is 111 Å². The second-order valence-corrected chi connectivity index (χ2v) is 31.1. The first kappa shape index (κ1) is 54.8. The number of fused-ring (bicyclic) bond motifs is 10. The van der Waals surface area contributed by atoms with Gasteiger partial charge in [0.25, 0.3) is 0 Å². The van der Waals surface area contributed by atoms with Crippen molar-refractivity contribution in [2.24, 2.45) is 92.7 Å². The summed E-state index contributed by atoms with van der Waals surface area (Å²) >= 11 is 0. The van der Waals surface area contributed by atoms with Gasteiger partial charge < -0.3 is 23.1 Å². The summed E-state index contributed by atoms with van der Waals surface area (Å²) in [6.07, 6.45) is 41.0. The zero-order valence-electron chi connectivity index (χ0n) is 46.9. The molecule has 0 bridgehead atoms. The van der Waals surface area contributed by atoms with Crippen molar-refractivity contribution in [2.75, 3.05) is 47.6 Å². The molecule has 11 unspecified atom stereocenters. The number of hydrogen-bond acceptors (Lipinski definition) is 6. The van der Waals surface area contributed by atoms with Crippen LogP contribution in [-0.2, 0) is 23.1 Å². The Balaban J connectivity index is 0.846. The predicted octanol–water partition coefficient (Wildman–Crippen LogP) is 15.4. The average molecular weight is 977 g/mol. The van der Waals surface area contributed by atoms with Crippen LogP contribution in [0.1, 0.15) is 208 Å². The molecule has 0 spiro atoms. The van der Waals surface area contributed by atoms with Gasteiger partial charge in [-0.3, -0.25) is 4.90 Å². The molecule has 8 aliphatic carbocycles. The molecule has 0 aromatic heterocycles. The number of ether oxygens (including phenoxy) is 3. The van der Waals surface area contributed by atoms with E-state index in [-0.39, 0.29) is 6.29 Å². The monoisotopic (exact) mass is 976 g/mol. The standard InChI is InChI=1S/C62H109NO5Si/c1-13-38-63(8)39-16-14-15-17-41-67-69(11,12)68-58(29-20-45(3)53-26-28-55-51-24-22-47-43-49(65-10)31-35-60(47,5)57(51)33-37-62(53,55)7)66-40-18-19-44(2)52-25-27-54-50-23-21-46-42-48(64-9)30-34-59(46,4)56(50)32-36-61(52,54)6/h1,44-58H,14-43H2,2-12H3/q-1/t44-,45-,46?,47?,48-,49-,50?,51?,52?,53?,54?,55?,56?,57?,58?,59+,60+,61-,62-/m1/s1. The maximum Gasteiger partial charge on any atom is 0.122 e. The van der Waals surface area contributed by atoms with Crippen molar-refractivity contribution < 1.29 is 23.1 Å². The van der Waals surface area contributed by atoms with Gasteiger partial charge in [0.2, 0.25) is 0 Å². The van der Waals surface area contributed by atoms with Crippen LogP contribution in [0.25, 0.3) is 0 Å². The van der Waals surface area contributed by atoms with E-state index in [2.05, 4.69) is 72.5 Å². The SMILES string of the molecule is C#CCN(C)CCCCCCO[Si-](C)(C)OC(CC[C@@H](C)C1CCC2C3CCC4C[C@H](OC)CC[C@]4(C)C3CC[C@@]21C)OCCC[C@@H](C)C1CCC2C3CCC4C[C@H](OC)CC[C@]4(C)C3CC[C@@]21C. The van der Waals surface area contributed by atoms with Gasteiger partial charge in [-0.15, -0.1) is 19.5 Å². The van der Waals surface area contributed by atoms with Crippen LogP contribution in [0.3, 0.4) is 0 Å². The Kier molecular flexibility index (Phi) is 18.4. The van der Waals surface area contributed by atoms with Gasteiger partial charge in [0.05, 0.1) is 18.8 Å². The number of terminal acetylenes is 1. The first-order chi connectivity index (χ1) is 33.0. The Bertz CT molecular complexity index is 1670. The highest BCUT2D eigenvalue weighted by Crippen LogP contribution is 2.70. The molecule has 0 heterocycles. The quantitative estimate of drug-likeness (QED) is 0.0440. The van der Waals surface area contributed by atoms with Gasteiger partial charge in [0.15, 0.2) is 0 Å². The molecule has 397 valence electrons. The maximum atomic E-state index is 7.07. The summed E-state index contributed by atoms with van der Waals surface area (Å²) in [5.74, 6) is 13.2. The highest BCUT2D eigenvalue weighted by Gasteiger charge is 2.62. The first-order valence-electron chi connectivity index (χ1n) is 30.1. The zero-order chi connectivity index (χ0) is 49.2. The molecule has 0 aromatic rings. The third-order valence-electron chi connectivity index (χ3n) is 24.0. The van der Waals surface area contributed by atoms with Gasteiger partial charge in [-0.05, 0) is 260 Å². The van der Waals surface area contributed by atoms with Crippen molar-refractivity contribution in [2.45, 2.75) is 240 Å². The van der Waals surface area contributed by atoms with E-state index in [1.807, 2.05) is 14.2 Å². The van der Waals surface area contributed by atoms with E-state index in [9.17, 15) is 0 Å². The minimum atomic E-state index is -2.40. The molecule has 69 heavy (non-hydrogen) atoms. The van der Waals surface area contributed by atoms with E-state index in [0.29, 0.717) is 39.8 Å². The average Bonchev–Trinajstić information content (AvgIpc) is 3.88. The normalized spacial score (nSPS) is 43.1. The number of unbranched alkanes of at least 4 members (excludes halogenated alkanes) is 3. The van der Waals surface area contributed by atoms with Crippen molar-refractivity contribution in [1.82, 2.24) is 4.90 Å². The van der Waals surface area contributed by atoms with Crippen LogP contribution in [-0.4, -0.2) is 79.5 Å². The predicted molar refractivity (Wildman–Crippen MR) is 288 cm³/mol. The molecule has 0 saturated heterocycles. The van der Waals surface area contributed by atoms with Crippen LogP contribution in [0.15, 0.2) is 0 Å². The summed E-state index contributed by atoms with van der Waals surface area (Å²) in [6.45, 7) is 24.1. The lowest BCUT2D eigenvalue weighted by Gasteiger charge is -2.61. The summed E-state index contributed by atoms with van der Waals surface area (Å²) in [7, 11) is 3.62. The van der Waals surface area contributed by atoms with Crippen LogP contribution >= 0.6 is 0 Å². The van der Waals surface area contributed by atoms with Crippen LogP contribution in [0.5, 0.6) is 0 Å². The highest BCUT2D eigenvalue weighted by atomic mass is 28.4. The molecule has 0 aliphatic heterocycles. The Morgan fingerprint density at radius 1 is 0.580 bits per heavy atom. The fraction of sp³-hybridized carbons (Fsp3) is 0.968. The minimum absolute atomic E-state index is 0.173. The lowest BCUT2D eigenvalue weighted by Crippen LogP contribution is -2.54. The van der Waals surface area contributed by atoms with E-state index in [1.165, 1.54) is 148 Å². The summed E-state index contributed by atoms with van der Waals surface area (Å²) < 4.78 is 32.6. The van der Waals surface area contributed by atoms with Gasteiger partial charge in [-0.2, -0.15) is 0 Å². The lowest BCUT2D eigenvalue weighted by atomic mass is 9.44. The summed E-state index contributed by atoms with van der Waals surface area (Å²) in [5.41, 5.74) is 2.06. The van der Waals surface area contributed by atoms with Gasteiger partial charge in [0.1, 0.15) is 14.9 Å². The fourth-order valence-corrected chi connectivity index (χ4v) is 21.7. The lowest BCUT2D eigenvalue weighted by molar-refractivity contribution is -0.134. The number of nitrogens with zero attached hydrogens (tertiary/aromatic N) is 1. The van der Waals surface area contributed by atoms with Crippen molar-refractivity contribution in [3.63, 3.8) is 0 Å². The molecule has 0 aromatic carbocycles. The molecule has 0 radical (unpaired) electrons. The number of rotatable bonds is 23. The van der Waals surface area contributed by atoms with E-state index in [4.69, 9.17) is 29.5 Å². The molecule has 8 aliphatic rings. The minimum Gasteiger partial charge on any atom is -0.545 e. The van der Waals surface area contributed by atoms with E-state index in [1.54, 1.807) is 0 Å². The second kappa shape index (κ2) is 23.2. The third-order valence-corrected chi connectivity index (χ3v) is 25.8. The Hall–Kier alpha value is -0.463. The van der Waals surface area contributed by atoms with Crippen LogP contribution < -0.4 is 0 Å². The molecule has 0 N–H and O–H groups in total. The third kappa shape index (κ3) is 11.5. The summed E-state index contributed by atoms with van der Waals surface area (Å²) in [5, 5.41) is 0. The molecule has 8 saturated carbocycles. The van der Waals surface area contributed by atoms with Crippen molar-refractivity contribution in [3.8, 4) is 12.3 Å². The maximum absolute atomic E-state index is 7.07. The highest BCUT2D eigenvalue weighted by molar-refractivity contribution is 6.64. The van der Waals surface area contributed by atoms with Crippen LogP contribution in [0.4, 0.5) is 0 Å². The molecular weight excluding hydrogens is 867 g/mol. The molecule has 19 atom stereocenters. The molecule has 7 heteroatoms. The van der Waals surface area contributed by atoms with Crippen LogP contribution in [0, 0.1) is 105 Å². The van der Waals surface area contributed by atoms with Crippen molar-refractivity contribution >= 4 is 8.56 Å². The Morgan fingerprint density at radius 2 is 1.09 bits per heavy atom. The largest absolute Gasteiger partial charge is 0.545 e. The van der Waals surface area contributed by atoms with Gasteiger partial charge in [-0.1, -0.05) is 60.3 Å². The smallest absolute Gasteiger partial charge is 0.122 e. The molecular formula is C62H109NO5Si-. The Morgan fingerprint density at radius 3 is 1.62 bits per heavy atom. The summed E-state index contributed by atoms with van der Waals surface area (Å²) in [6, 6.07) is 0. The number of methoxy groups -OCH3 is 2. The van der Waals surface area contributed by atoms with Crippen molar-refractivity contribution in [3.05, 3.63) is 0 Å². The molecule has 0 amide bonds. The van der Waals surface area contributed by atoms with Crippen LogP contribution in [0.2, 0.25) is 13.1 Å². The van der Waals surface area contributed by atoms with Crippen molar-refractivity contribution in [1.29, 1.82) is 0 Å². The molecule has 8 fully saturated rings. The van der Waals surface area contributed by atoms with Gasteiger partial charge in [-0.25, -0.2) is 0 Å². The molecule has 8 rings (SSSR count). The molecule has 6 nitrogen and oxygen atoms in total. The zero-order valence-corrected chi connectivity index (χ0v) is 47.9. The Labute approximate surface area is 427 Å². The van der Waals surface area contributed by atoms with Gasteiger partial charge in [0, 0.05) is 27.4 Å². The van der Waals surface area contributed by atoms with E-state index >= 15 is 0 Å². The van der Waals surface area contributed by atoms with E-state index < -0.39 is 8.56 Å². The first-order valence-corrected chi connectivity index (χ1v) is 32.9. The number of hydrogen-bond donors (Lipinski definition) is 0. The second-order valence-electron chi connectivity index (χ2n) is 27.7. The van der Waals surface area contributed by atoms with Gasteiger partial charge >= 0.3 is 0 Å². The summed E-state index contributed by atoms with van der Waals surface area (Å²) in [4.78, 5) is 2.24.